The molecule has 2 heteroatoms. The highest BCUT2D eigenvalue weighted by Crippen LogP contribution is 2.19. The van der Waals surface area contributed by atoms with Crippen molar-refractivity contribution in [2.75, 3.05) is 4.90 Å². The molecule has 0 bridgehead atoms. The summed E-state index contributed by atoms with van der Waals surface area (Å²) < 4.78 is 0. The third kappa shape index (κ3) is 2.98. The molecular weight excluding hydrogens is 222 g/mol. The number of hydrogen-bond acceptors (Lipinski definition) is 1. The molecule has 18 heavy (non-hydrogen) atoms. The summed E-state index contributed by atoms with van der Waals surface area (Å²) in [6.07, 6.45) is 2.00. The second-order valence-corrected chi connectivity index (χ2v) is 4.51. The third-order valence-corrected chi connectivity index (χ3v) is 2.81. The summed E-state index contributed by atoms with van der Waals surface area (Å²) in [6, 6.07) is 16.0. The van der Waals surface area contributed by atoms with Gasteiger partial charge in [0.15, 0.2) is 0 Å². The van der Waals surface area contributed by atoms with Crippen LogP contribution in [-0.4, -0.2) is 6.41 Å². The molecule has 0 atom stereocenters. The van der Waals surface area contributed by atoms with Crippen LogP contribution in [0.15, 0.2) is 48.5 Å². The van der Waals surface area contributed by atoms with Gasteiger partial charge in [0.05, 0.1) is 6.54 Å². The standard InChI is InChI=1S/C16H16NO/c1-13-8-14(2)10-16(9-13)17(12-18)11-15-6-4-3-5-7-15/h3-10H,11H2,1-2H3. The molecule has 0 saturated carbocycles. The van der Waals surface area contributed by atoms with Gasteiger partial charge in [-0.2, -0.15) is 0 Å². The van der Waals surface area contributed by atoms with E-state index in [4.69, 9.17) is 0 Å². The van der Waals surface area contributed by atoms with E-state index in [0.717, 1.165) is 22.4 Å². The average Bonchev–Trinajstić information content (AvgIpc) is 2.36. The molecule has 0 aromatic heterocycles. The van der Waals surface area contributed by atoms with Crippen LogP contribution in [0.5, 0.6) is 0 Å². The Morgan fingerprint density at radius 1 is 1.00 bits per heavy atom. The summed E-state index contributed by atoms with van der Waals surface area (Å²) in [4.78, 5) is 12.7. The van der Waals surface area contributed by atoms with Crippen LogP contribution in [-0.2, 0) is 11.3 Å². The summed E-state index contributed by atoms with van der Waals surface area (Å²) in [5.74, 6) is 0. The fourth-order valence-electron chi connectivity index (χ4n) is 2.05. The SMILES string of the molecule is Cc1cc(C)cc(N([C]=O)Cc2ccccc2)c1. The van der Waals surface area contributed by atoms with Gasteiger partial charge in [-0.3, -0.25) is 9.69 Å². The van der Waals surface area contributed by atoms with Gasteiger partial charge >= 0.3 is 6.41 Å². The Kier molecular flexibility index (Phi) is 3.78. The Labute approximate surface area is 108 Å². The molecule has 0 aliphatic rings. The molecule has 0 heterocycles. The van der Waals surface area contributed by atoms with Crippen LogP contribution in [0, 0.1) is 13.8 Å². The fourth-order valence-corrected chi connectivity index (χ4v) is 2.05. The number of amides is 1. The summed E-state index contributed by atoms with van der Waals surface area (Å²) in [7, 11) is 0. The molecule has 0 aliphatic heterocycles. The predicted molar refractivity (Wildman–Crippen MR) is 74.2 cm³/mol. The van der Waals surface area contributed by atoms with Crippen LogP contribution < -0.4 is 4.90 Å². The van der Waals surface area contributed by atoms with Gasteiger partial charge in [0.25, 0.3) is 0 Å². The van der Waals surface area contributed by atoms with E-state index in [9.17, 15) is 4.79 Å². The van der Waals surface area contributed by atoms with E-state index >= 15 is 0 Å². The number of nitrogens with zero attached hydrogens (tertiary/aromatic N) is 1. The van der Waals surface area contributed by atoms with Crippen molar-refractivity contribution in [3.05, 3.63) is 65.2 Å². The molecule has 0 aliphatic carbocycles. The van der Waals surface area contributed by atoms with Crippen molar-refractivity contribution in [3.63, 3.8) is 0 Å². The quantitative estimate of drug-likeness (QED) is 0.748. The fraction of sp³-hybridized carbons (Fsp3) is 0.188. The Morgan fingerprint density at radius 3 is 2.17 bits per heavy atom. The molecule has 1 amide bonds. The first kappa shape index (κ1) is 12.4. The minimum Gasteiger partial charge on any atom is -0.300 e. The van der Waals surface area contributed by atoms with E-state index in [1.807, 2.05) is 62.7 Å². The predicted octanol–water partition coefficient (Wildman–Crippen LogP) is 3.38. The monoisotopic (exact) mass is 238 g/mol. The van der Waals surface area contributed by atoms with Gasteiger partial charge in [0.1, 0.15) is 0 Å². The lowest BCUT2D eigenvalue weighted by atomic mass is 10.1. The largest absolute Gasteiger partial charge is 0.317 e. The number of benzene rings is 2. The molecule has 0 fully saturated rings. The van der Waals surface area contributed by atoms with Crippen molar-refractivity contribution in [2.45, 2.75) is 20.4 Å². The van der Waals surface area contributed by atoms with Crippen molar-refractivity contribution >= 4 is 12.1 Å². The minimum atomic E-state index is 0.549. The number of hydrogen-bond donors (Lipinski definition) is 0. The van der Waals surface area contributed by atoms with Gasteiger partial charge in [0, 0.05) is 5.69 Å². The Morgan fingerprint density at radius 2 is 1.61 bits per heavy atom. The first-order chi connectivity index (χ1) is 8.69. The summed E-state index contributed by atoms with van der Waals surface area (Å²) in [6.45, 7) is 4.61. The number of anilines is 1. The molecule has 2 aromatic rings. The van der Waals surface area contributed by atoms with E-state index in [1.54, 1.807) is 4.90 Å². The molecule has 91 valence electrons. The third-order valence-electron chi connectivity index (χ3n) is 2.81. The molecule has 1 radical (unpaired) electrons. The van der Waals surface area contributed by atoms with Gasteiger partial charge in [-0.05, 0) is 42.7 Å². The lowest BCUT2D eigenvalue weighted by Crippen LogP contribution is -2.20. The molecule has 2 aromatic carbocycles. The van der Waals surface area contributed by atoms with Crippen LogP contribution in [0.1, 0.15) is 16.7 Å². The van der Waals surface area contributed by atoms with Gasteiger partial charge in [-0.1, -0.05) is 36.4 Å². The van der Waals surface area contributed by atoms with E-state index < -0.39 is 0 Å². The van der Waals surface area contributed by atoms with Crippen molar-refractivity contribution in [1.29, 1.82) is 0 Å². The summed E-state index contributed by atoms with van der Waals surface area (Å²) in [5, 5.41) is 0. The molecule has 2 rings (SSSR count). The number of aryl methyl sites for hydroxylation is 2. The molecule has 0 N–H and O–H groups in total. The molecule has 2 nitrogen and oxygen atoms in total. The highest BCUT2D eigenvalue weighted by atomic mass is 16.1. The van der Waals surface area contributed by atoms with Crippen molar-refractivity contribution in [1.82, 2.24) is 0 Å². The highest BCUT2D eigenvalue weighted by molar-refractivity contribution is 5.76. The van der Waals surface area contributed by atoms with Crippen molar-refractivity contribution in [3.8, 4) is 0 Å². The topological polar surface area (TPSA) is 20.3 Å². The first-order valence-corrected chi connectivity index (χ1v) is 5.96. The maximum atomic E-state index is 11.1. The van der Waals surface area contributed by atoms with Gasteiger partial charge in [-0.25, -0.2) is 0 Å². The number of rotatable bonds is 4. The van der Waals surface area contributed by atoms with E-state index in [2.05, 4.69) is 6.07 Å². The van der Waals surface area contributed by atoms with Gasteiger partial charge < -0.3 is 0 Å². The van der Waals surface area contributed by atoms with Gasteiger partial charge in [0.2, 0.25) is 0 Å². The lowest BCUT2D eigenvalue weighted by Gasteiger charge is -2.17. The van der Waals surface area contributed by atoms with Crippen LogP contribution in [0.4, 0.5) is 5.69 Å². The van der Waals surface area contributed by atoms with E-state index in [-0.39, 0.29) is 0 Å². The summed E-state index contributed by atoms with van der Waals surface area (Å²) in [5.41, 5.74) is 4.29. The van der Waals surface area contributed by atoms with Gasteiger partial charge in [-0.15, -0.1) is 0 Å². The molecule has 0 unspecified atom stereocenters. The molecule has 0 spiro atoms. The zero-order chi connectivity index (χ0) is 13.0. The molecular formula is C16H16NO. The molecule has 0 saturated heterocycles. The lowest BCUT2D eigenvalue weighted by molar-refractivity contribution is 0.551. The first-order valence-electron chi connectivity index (χ1n) is 5.96. The van der Waals surface area contributed by atoms with Crippen LogP contribution in [0.3, 0.4) is 0 Å². The zero-order valence-electron chi connectivity index (χ0n) is 10.7. The van der Waals surface area contributed by atoms with Crippen LogP contribution in [0.25, 0.3) is 0 Å². The van der Waals surface area contributed by atoms with E-state index in [1.165, 1.54) is 0 Å². The van der Waals surface area contributed by atoms with Crippen molar-refractivity contribution in [2.24, 2.45) is 0 Å². The zero-order valence-corrected chi connectivity index (χ0v) is 10.7. The van der Waals surface area contributed by atoms with Crippen LogP contribution in [0.2, 0.25) is 0 Å². The Bertz CT molecular complexity index is 514. The normalized spacial score (nSPS) is 10.1. The second kappa shape index (κ2) is 5.50. The smallest absolute Gasteiger partial charge is 0.300 e. The minimum absolute atomic E-state index is 0.549. The highest BCUT2D eigenvalue weighted by Gasteiger charge is 2.08. The average molecular weight is 238 g/mol. The number of carbonyl (C=O) groups excluding carboxylic acids is 1. The van der Waals surface area contributed by atoms with Crippen molar-refractivity contribution < 1.29 is 4.79 Å². The second-order valence-electron chi connectivity index (χ2n) is 4.51. The maximum absolute atomic E-state index is 11.1. The Balaban J connectivity index is 2.25. The van der Waals surface area contributed by atoms with E-state index in [0.29, 0.717) is 6.54 Å². The van der Waals surface area contributed by atoms with Crippen LogP contribution >= 0.6 is 0 Å². The summed E-state index contributed by atoms with van der Waals surface area (Å²) >= 11 is 0. The Hall–Kier alpha value is -2.09. The maximum Gasteiger partial charge on any atom is 0.317 e.